The van der Waals surface area contributed by atoms with Crippen molar-refractivity contribution in [2.24, 2.45) is 0 Å². The molecule has 5 heteroatoms. The number of aryl methyl sites for hydroxylation is 2. The smallest absolute Gasteiger partial charge is 0.303 e. The van der Waals surface area contributed by atoms with Gasteiger partial charge in [0.25, 0.3) is 0 Å². The van der Waals surface area contributed by atoms with Crippen LogP contribution in [-0.4, -0.2) is 16.1 Å². The molecule has 0 fully saturated rings. The van der Waals surface area contributed by atoms with Crippen molar-refractivity contribution in [1.29, 1.82) is 0 Å². The van der Waals surface area contributed by atoms with Gasteiger partial charge in [0, 0.05) is 14.7 Å². The first kappa shape index (κ1) is 14.7. The van der Waals surface area contributed by atoms with Crippen LogP contribution in [0.15, 0.2) is 54.6 Å². The van der Waals surface area contributed by atoms with Gasteiger partial charge in [-0.15, -0.1) is 11.3 Å². The van der Waals surface area contributed by atoms with E-state index in [1.165, 1.54) is 0 Å². The Bertz CT molecular complexity index is 924. The lowest BCUT2D eigenvalue weighted by Gasteiger charge is -2.06. The van der Waals surface area contributed by atoms with Crippen molar-refractivity contribution in [3.8, 4) is 16.3 Å². The number of ether oxygens (including phenoxy) is 1. The molecule has 1 aromatic heterocycles. The predicted octanol–water partition coefficient (Wildman–Crippen LogP) is 4.71. The van der Waals surface area contributed by atoms with E-state index in [-0.39, 0.29) is 6.42 Å². The van der Waals surface area contributed by atoms with Crippen molar-refractivity contribution in [1.82, 2.24) is 4.98 Å². The van der Waals surface area contributed by atoms with Crippen molar-refractivity contribution in [3.63, 3.8) is 0 Å². The molecule has 0 aliphatic carbocycles. The number of carboxylic acid groups (broad SMARTS) is 1. The highest BCUT2D eigenvalue weighted by Gasteiger charge is 2.10. The maximum Gasteiger partial charge on any atom is 0.303 e. The number of carbonyl (C=O) groups is 1. The minimum atomic E-state index is -2.28. The lowest BCUT2D eigenvalue weighted by atomic mass is 10.1. The van der Waals surface area contributed by atoms with Gasteiger partial charge in [0.2, 0.25) is 0 Å². The summed E-state index contributed by atoms with van der Waals surface area (Å²) in [5, 5.41) is 9.83. The van der Waals surface area contributed by atoms with Gasteiger partial charge in [-0.3, -0.25) is 4.79 Å². The molecule has 25 heavy (non-hydrogen) atoms. The van der Waals surface area contributed by atoms with Crippen LogP contribution >= 0.6 is 11.3 Å². The summed E-state index contributed by atoms with van der Waals surface area (Å²) in [6.45, 7) is 2.35. The Morgan fingerprint density at radius 2 is 1.92 bits per heavy atom. The molecule has 128 valence electrons. The summed E-state index contributed by atoms with van der Waals surface area (Å²) in [5.41, 5.74) is 2.62. The number of benzene rings is 2. The highest BCUT2D eigenvalue weighted by Crippen LogP contribution is 2.28. The zero-order chi connectivity index (χ0) is 19.4. The molecule has 0 unspecified atom stereocenters. The monoisotopic (exact) mass is 355 g/mol. The summed E-state index contributed by atoms with van der Waals surface area (Å²) >= 11 is 1.60. The van der Waals surface area contributed by atoms with Crippen LogP contribution in [0, 0.1) is 6.92 Å². The van der Waals surface area contributed by atoms with E-state index in [0.29, 0.717) is 17.9 Å². The van der Waals surface area contributed by atoms with E-state index in [1.54, 1.807) is 35.6 Å². The third kappa shape index (κ3) is 4.67. The number of hydrogen-bond donors (Lipinski definition) is 1. The molecule has 1 N–H and O–H groups in total. The van der Waals surface area contributed by atoms with Gasteiger partial charge < -0.3 is 9.84 Å². The highest BCUT2D eigenvalue weighted by molar-refractivity contribution is 7.15. The zero-order valence-corrected chi connectivity index (χ0v) is 14.5. The van der Waals surface area contributed by atoms with Gasteiger partial charge >= 0.3 is 5.97 Å². The minimum Gasteiger partial charge on any atom is -0.488 e. The zero-order valence-electron chi connectivity index (χ0n) is 15.7. The summed E-state index contributed by atoms with van der Waals surface area (Å²) < 4.78 is 20.8. The molecule has 0 amide bonds. The molecule has 4 nitrogen and oxygen atoms in total. The average molecular weight is 355 g/mol. The Morgan fingerprint density at radius 3 is 2.60 bits per heavy atom. The Hall–Kier alpha value is -2.66. The van der Waals surface area contributed by atoms with E-state index in [2.05, 4.69) is 4.98 Å². The Kier molecular flexibility index (Phi) is 4.66. The first-order valence-electron chi connectivity index (χ1n) is 8.82. The van der Waals surface area contributed by atoms with Crippen LogP contribution in [0.3, 0.4) is 0 Å². The Morgan fingerprint density at radius 1 is 1.20 bits per heavy atom. The van der Waals surface area contributed by atoms with Crippen LogP contribution in [-0.2, 0) is 17.8 Å². The molecule has 3 aromatic rings. The van der Waals surface area contributed by atoms with Crippen LogP contribution in [0.1, 0.15) is 25.2 Å². The molecule has 0 bridgehead atoms. The van der Waals surface area contributed by atoms with Crippen LogP contribution in [0.4, 0.5) is 0 Å². The molecular weight excluding hydrogens is 334 g/mol. The van der Waals surface area contributed by atoms with Crippen molar-refractivity contribution in [2.45, 2.75) is 26.3 Å². The van der Waals surface area contributed by atoms with Crippen molar-refractivity contribution in [3.05, 3.63) is 70.7 Å². The molecule has 0 atom stereocenters. The van der Waals surface area contributed by atoms with Gasteiger partial charge in [0.05, 0.1) is 10.6 Å². The lowest BCUT2D eigenvalue weighted by molar-refractivity contribution is -0.136. The third-order valence-electron chi connectivity index (χ3n) is 3.65. The van der Waals surface area contributed by atoms with E-state index in [4.69, 9.17) is 12.6 Å². The van der Waals surface area contributed by atoms with Crippen molar-refractivity contribution >= 4 is 17.3 Å². The molecule has 0 saturated heterocycles. The number of aromatic nitrogens is 1. The molecule has 0 saturated carbocycles. The fourth-order valence-corrected chi connectivity index (χ4v) is 3.28. The van der Waals surface area contributed by atoms with E-state index >= 15 is 0 Å². The molecule has 2 aromatic carbocycles. The molecular formula is C20H19NO3S. The van der Waals surface area contributed by atoms with Gasteiger partial charge in [-0.25, -0.2) is 4.98 Å². The number of rotatable bonds is 7. The second kappa shape index (κ2) is 7.94. The van der Waals surface area contributed by atoms with Gasteiger partial charge in [-0.2, -0.15) is 0 Å². The molecule has 3 rings (SSSR count). The Balaban J connectivity index is 1.64. The maximum absolute atomic E-state index is 10.9. The second-order valence-corrected chi connectivity index (χ2v) is 6.57. The molecule has 1 heterocycles. The van der Waals surface area contributed by atoms with Gasteiger partial charge in [-0.1, -0.05) is 42.5 Å². The van der Waals surface area contributed by atoms with Crippen LogP contribution in [0.25, 0.3) is 10.6 Å². The number of thiazole rings is 1. The largest absolute Gasteiger partial charge is 0.488 e. The standard InChI is InChI=1S/C20H19NO3S/c1-14-18(25-20(21-14)16-5-3-2-4-6-16)13-24-17-10-7-15(8-11-17)9-12-19(22)23/h2-8,10-11H,9,12-13H2,1H3,(H,22,23)/i12D2. The maximum atomic E-state index is 10.9. The van der Waals surface area contributed by atoms with E-state index < -0.39 is 12.3 Å². The number of aliphatic carboxylic acids is 1. The fourth-order valence-electron chi connectivity index (χ4n) is 2.30. The molecule has 0 aliphatic rings. The second-order valence-electron chi connectivity index (χ2n) is 5.48. The normalized spacial score (nSPS) is 12.4. The number of nitrogens with zero attached hydrogens (tertiary/aromatic N) is 1. The number of carboxylic acids is 1. The van der Waals surface area contributed by atoms with Crippen molar-refractivity contribution in [2.75, 3.05) is 0 Å². The summed E-state index contributed by atoms with van der Waals surface area (Å²) in [4.78, 5) is 16.5. The van der Waals surface area contributed by atoms with Crippen LogP contribution in [0.5, 0.6) is 5.75 Å². The van der Waals surface area contributed by atoms with E-state index in [0.717, 1.165) is 21.1 Å². The SMILES string of the molecule is [2H]C([2H])(Cc1ccc(OCc2sc(-c3ccccc3)nc2C)cc1)C(=O)O. The molecule has 0 radical (unpaired) electrons. The first-order chi connectivity index (χ1) is 12.8. The molecule has 0 aliphatic heterocycles. The third-order valence-corrected chi connectivity index (χ3v) is 4.83. The Labute approximate surface area is 153 Å². The summed E-state index contributed by atoms with van der Waals surface area (Å²) in [6, 6.07) is 16.8. The predicted molar refractivity (Wildman–Crippen MR) is 99.0 cm³/mol. The molecule has 0 spiro atoms. The lowest BCUT2D eigenvalue weighted by Crippen LogP contribution is -1.98. The van der Waals surface area contributed by atoms with E-state index in [9.17, 15) is 4.79 Å². The fraction of sp³-hybridized carbons (Fsp3) is 0.200. The first-order valence-corrected chi connectivity index (χ1v) is 8.64. The number of hydrogen-bond acceptors (Lipinski definition) is 4. The average Bonchev–Trinajstić information content (AvgIpc) is 3.02. The van der Waals surface area contributed by atoms with Gasteiger partial charge in [0.15, 0.2) is 0 Å². The summed E-state index contributed by atoms with van der Waals surface area (Å²) in [7, 11) is 0. The van der Waals surface area contributed by atoms with Gasteiger partial charge in [0.1, 0.15) is 17.4 Å². The van der Waals surface area contributed by atoms with Crippen molar-refractivity contribution < 1.29 is 17.4 Å². The summed E-state index contributed by atoms with van der Waals surface area (Å²) in [6.07, 6.45) is -2.47. The van der Waals surface area contributed by atoms with Crippen LogP contribution < -0.4 is 4.74 Å². The van der Waals surface area contributed by atoms with E-state index in [1.807, 2.05) is 37.3 Å². The topological polar surface area (TPSA) is 59.4 Å². The summed E-state index contributed by atoms with van der Waals surface area (Å²) in [5.74, 6) is -0.818. The van der Waals surface area contributed by atoms with Gasteiger partial charge in [-0.05, 0) is 31.0 Å². The highest BCUT2D eigenvalue weighted by atomic mass is 32.1. The van der Waals surface area contributed by atoms with Crippen LogP contribution in [0.2, 0.25) is 0 Å². The minimum absolute atomic E-state index is 0.184. The quantitative estimate of drug-likeness (QED) is 0.666.